The maximum atomic E-state index is 12.9. The van der Waals surface area contributed by atoms with Crippen LogP contribution in [0.1, 0.15) is 40.3 Å². The number of aromatic nitrogens is 1. The summed E-state index contributed by atoms with van der Waals surface area (Å²) in [5.41, 5.74) is 2.87. The van der Waals surface area contributed by atoms with Gasteiger partial charge in [0.05, 0.1) is 5.56 Å². The number of aryl methyl sites for hydroxylation is 1. The van der Waals surface area contributed by atoms with Crippen LogP contribution in [0.15, 0.2) is 48.5 Å². The van der Waals surface area contributed by atoms with Crippen molar-refractivity contribution in [3.05, 3.63) is 65.4 Å². The molecule has 6 nitrogen and oxygen atoms in total. The van der Waals surface area contributed by atoms with E-state index in [9.17, 15) is 14.4 Å². The van der Waals surface area contributed by atoms with Crippen molar-refractivity contribution in [1.29, 1.82) is 0 Å². The molecule has 0 bridgehead atoms. The van der Waals surface area contributed by atoms with Crippen molar-refractivity contribution in [2.45, 2.75) is 26.9 Å². The highest BCUT2D eigenvalue weighted by Crippen LogP contribution is 2.24. The van der Waals surface area contributed by atoms with Gasteiger partial charge in [0.1, 0.15) is 0 Å². The first-order chi connectivity index (χ1) is 12.9. The third kappa shape index (κ3) is 3.89. The Labute approximate surface area is 156 Å². The van der Waals surface area contributed by atoms with Gasteiger partial charge in [0.15, 0.2) is 6.10 Å². The standard InChI is InChI=1S/C21H20N2O4/c1-12-19(17-9-4-5-10-18(17)22-12)20(25)13(2)27-21(26)15-7-6-8-16(11-15)23-14(3)24/h4-11,13,22H,1-3H3,(H,23,24)/t13-/m0/s1. The molecule has 0 aliphatic carbocycles. The van der Waals surface area contributed by atoms with Gasteiger partial charge < -0.3 is 15.0 Å². The monoisotopic (exact) mass is 364 g/mol. The second-order valence-electron chi connectivity index (χ2n) is 6.34. The fourth-order valence-corrected chi connectivity index (χ4v) is 3.01. The number of anilines is 1. The molecule has 1 heterocycles. The van der Waals surface area contributed by atoms with Crippen LogP contribution in [0, 0.1) is 6.92 Å². The first kappa shape index (κ1) is 18.4. The Balaban J connectivity index is 1.79. The number of esters is 1. The molecule has 1 atom stereocenters. The number of rotatable bonds is 5. The molecule has 0 radical (unpaired) electrons. The van der Waals surface area contributed by atoms with Crippen LogP contribution in [0.3, 0.4) is 0 Å². The summed E-state index contributed by atoms with van der Waals surface area (Å²) in [5, 5.41) is 3.41. The average molecular weight is 364 g/mol. The summed E-state index contributed by atoms with van der Waals surface area (Å²) in [6.07, 6.45) is -0.945. The quantitative estimate of drug-likeness (QED) is 0.531. The summed E-state index contributed by atoms with van der Waals surface area (Å²) in [5.74, 6) is -1.13. The van der Waals surface area contributed by atoms with Gasteiger partial charge in [0.25, 0.3) is 0 Å². The van der Waals surface area contributed by atoms with Crippen LogP contribution in [-0.2, 0) is 9.53 Å². The summed E-state index contributed by atoms with van der Waals surface area (Å²) in [6.45, 7) is 4.76. The smallest absolute Gasteiger partial charge is 0.338 e. The van der Waals surface area contributed by atoms with E-state index < -0.39 is 12.1 Å². The van der Waals surface area contributed by atoms with Gasteiger partial charge in [-0.25, -0.2) is 4.79 Å². The number of hydrogen-bond donors (Lipinski definition) is 2. The molecule has 138 valence electrons. The number of ketones is 1. The van der Waals surface area contributed by atoms with Crippen molar-refractivity contribution in [2.75, 3.05) is 5.32 Å². The summed E-state index contributed by atoms with van der Waals surface area (Å²) in [6, 6.07) is 13.9. The number of carbonyl (C=O) groups is 3. The lowest BCUT2D eigenvalue weighted by atomic mass is 10.0. The molecule has 3 aromatic rings. The first-order valence-corrected chi connectivity index (χ1v) is 8.57. The van der Waals surface area contributed by atoms with Crippen molar-refractivity contribution in [2.24, 2.45) is 0 Å². The number of benzene rings is 2. The van der Waals surface area contributed by atoms with Gasteiger partial charge in [-0.05, 0) is 38.1 Å². The molecule has 0 saturated carbocycles. The molecule has 27 heavy (non-hydrogen) atoms. The number of aromatic amines is 1. The highest BCUT2D eigenvalue weighted by molar-refractivity contribution is 6.11. The molecule has 6 heteroatoms. The second kappa shape index (κ2) is 7.45. The molecule has 2 N–H and O–H groups in total. The highest BCUT2D eigenvalue weighted by Gasteiger charge is 2.25. The fourth-order valence-electron chi connectivity index (χ4n) is 3.01. The molecule has 0 spiro atoms. The second-order valence-corrected chi connectivity index (χ2v) is 6.34. The molecular formula is C21H20N2O4. The maximum Gasteiger partial charge on any atom is 0.338 e. The molecule has 2 aromatic carbocycles. The van der Waals surface area contributed by atoms with E-state index in [-0.39, 0.29) is 17.3 Å². The Bertz CT molecular complexity index is 1040. The first-order valence-electron chi connectivity index (χ1n) is 8.57. The molecule has 0 saturated heterocycles. The zero-order valence-corrected chi connectivity index (χ0v) is 15.3. The SMILES string of the molecule is CC(=O)Nc1cccc(C(=O)O[C@@H](C)C(=O)c2c(C)[nH]c3ccccc23)c1. The molecule has 0 aliphatic rings. The molecule has 0 aliphatic heterocycles. The van der Waals surface area contributed by atoms with Crippen LogP contribution in [0.5, 0.6) is 0 Å². The zero-order valence-electron chi connectivity index (χ0n) is 15.3. The molecule has 0 unspecified atom stereocenters. The average Bonchev–Trinajstić information content (AvgIpc) is 2.96. The number of amides is 1. The molecular weight excluding hydrogens is 344 g/mol. The van der Waals surface area contributed by atoms with E-state index >= 15 is 0 Å². The van der Waals surface area contributed by atoms with Gasteiger partial charge in [-0.15, -0.1) is 0 Å². The Morgan fingerprint density at radius 3 is 2.56 bits per heavy atom. The van der Waals surface area contributed by atoms with E-state index in [1.807, 2.05) is 31.2 Å². The third-order valence-corrected chi connectivity index (χ3v) is 4.21. The van der Waals surface area contributed by atoms with Gasteiger partial charge in [-0.2, -0.15) is 0 Å². The zero-order chi connectivity index (χ0) is 19.6. The number of fused-ring (bicyclic) bond motifs is 1. The number of carbonyl (C=O) groups excluding carboxylic acids is 3. The van der Waals surface area contributed by atoms with Gasteiger partial charge in [0.2, 0.25) is 11.7 Å². The topological polar surface area (TPSA) is 88.3 Å². The normalized spacial score (nSPS) is 11.8. The molecule has 3 rings (SSSR count). The summed E-state index contributed by atoms with van der Waals surface area (Å²) < 4.78 is 5.37. The van der Waals surface area contributed by atoms with E-state index in [4.69, 9.17) is 4.74 Å². The lowest BCUT2D eigenvalue weighted by Gasteiger charge is -2.13. The minimum absolute atomic E-state index is 0.237. The van der Waals surface area contributed by atoms with Gasteiger partial charge in [-0.3, -0.25) is 9.59 Å². The molecule has 1 amide bonds. The van der Waals surface area contributed by atoms with Crippen LogP contribution < -0.4 is 5.32 Å². The Morgan fingerprint density at radius 1 is 1.07 bits per heavy atom. The van der Waals surface area contributed by atoms with Crippen LogP contribution >= 0.6 is 0 Å². The molecule has 1 aromatic heterocycles. The van der Waals surface area contributed by atoms with E-state index in [0.717, 1.165) is 16.6 Å². The Hall–Kier alpha value is -3.41. The third-order valence-electron chi connectivity index (χ3n) is 4.21. The van der Waals surface area contributed by atoms with Crippen molar-refractivity contribution in [1.82, 2.24) is 4.98 Å². The van der Waals surface area contributed by atoms with E-state index in [1.165, 1.54) is 13.0 Å². The highest BCUT2D eigenvalue weighted by atomic mass is 16.5. The van der Waals surface area contributed by atoms with E-state index in [1.54, 1.807) is 25.1 Å². The predicted octanol–water partition coefficient (Wildman–Crippen LogP) is 3.86. The van der Waals surface area contributed by atoms with Gasteiger partial charge in [0, 0.05) is 34.8 Å². The largest absolute Gasteiger partial charge is 0.451 e. The maximum absolute atomic E-state index is 12.9. The van der Waals surface area contributed by atoms with Crippen LogP contribution in [0.25, 0.3) is 10.9 Å². The van der Waals surface area contributed by atoms with E-state index in [2.05, 4.69) is 10.3 Å². The molecule has 0 fully saturated rings. The Kier molecular flexibility index (Phi) is 5.07. The number of hydrogen-bond acceptors (Lipinski definition) is 4. The number of H-pyrrole nitrogens is 1. The van der Waals surface area contributed by atoms with Crippen molar-refractivity contribution in [3.63, 3.8) is 0 Å². The van der Waals surface area contributed by atoms with Crippen LogP contribution in [-0.4, -0.2) is 28.7 Å². The van der Waals surface area contributed by atoms with Crippen molar-refractivity contribution in [3.8, 4) is 0 Å². The van der Waals surface area contributed by atoms with E-state index in [0.29, 0.717) is 11.3 Å². The van der Waals surface area contributed by atoms with Crippen LogP contribution in [0.2, 0.25) is 0 Å². The number of Topliss-reactive ketones (excluding diaryl/α,β-unsaturated/α-hetero) is 1. The number of nitrogens with one attached hydrogen (secondary N) is 2. The summed E-state index contributed by atoms with van der Waals surface area (Å²) in [7, 11) is 0. The number of ether oxygens (including phenoxy) is 1. The fraction of sp³-hybridized carbons (Fsp3) is 0.190. The summed E-state index contributed by atoms with van der Waals surface area (Å²) >= 11 is 0. The van der Waals surface area contributed by atoms with Gasteiger partial charge in [-0.1, -0.05) is 24.3 Å². The lowest BCUT2D eigenvalue weighted by molar-refractivity contribution is -0.114. The Morgan fingerprint density at radius 2 is 1.81 bits per heavy atom. The number of para-hydroxylation sites is 1. The lowest BCUT2D eigenvalue weighted by Crippen LogP contribution is -2.25. The van der Waals surface area contributed by atoms with Crippen LogP contribution in [0.4, 0.5) is 5.69 Å². The van der Waals surface area contributed by atoms with Crippen molar-refractivity contribution >= 4 is 34.3 Å². The summed E-state index contributed by atoms with van der Waals surface area (Å²) in [4.78, 5) is 39.6. The van der Waals surface area contributed by atoms with Crippen molar-refractivity contribution < 1.29 is 19.1 Å². The minimum Gasteiger partial charge on any atom is -0.451 e. The predicted molar refractivity (Wildman–Crippen MR) is 103 cm³/mol. The van der Waals surface area contributed by atoms with Gasteiger partial charge >= 0.3 is 5.97 Å². The minimum atomic E-state index is -0.945.